The fourth-order valence-corrected chi connectivity index (χ4v) is 2.67. The van der Waals surface area contributed by atoms with Crippen molar-refractivity contribution in [1.29, 1.82) is 0 Å². The monoisotopic (exact) mass is 298 g/mol. The minimum Gasteiger partial charge on any atom is -0.486 e. The van der Waals surface area contributed by atoms with E-state index >= 15 is 0 Å². The topological polar surface area (TPSA) is 94.5 Å². The molecule has 22 heavy (non-hydrogen) atoms. The summed E-state index contributed by atoms with van der Waals surface area (Å²) in [5.41, 5.74) is 0.712. The Hall–Kier alpha value is -3.09. The number of fused-ring (bicyclic) bond motifs is 4. The van der Waals surface area contributed by atoms with Gasteiger partial charge >= 0.3 is 0 Å². The lowest BCUT2D eigenvalue weighted by molar-refractivity contribution is -0.384. The molecular formula is C15H10N2O5. The maximum atomic E-state index is 12.8. The van der Waals surface area contributed by atoms with Crippen LogP contribution >= 0.6 is 0 Å². The second kappa shape index (κ2) is 4.45. The van der Waals surface area contributed by atoms with Crippen LogP contribution in [0.2, 0.25) is 0 Å². The number of nitro groups is 1. The molecule has 0 bridgehead atoms. The van der Waals surface area contributed by atoms with Crippen LogP contribution in [0.1, 0.15) is 0 Å². The van der Waals surface area contributed by atoms with Crippen LogP contribution in [0.15, 0.2) is 35.1 Å². The summed E-state index contributed by atoms with van der Waals surface area (Å²) in [5.74, 6) is 0.896. The highest BCUT2D eigenvalue weighted by atomic mass is 16.6. The molecule has 2 aromatic carbocycles. The van der Waals surface area contributed by atoms with E-state index in [1.165, 1.54) is 18.2 Å². The summed E-state index contributed by atoms with van der Waals surface area (Å²) in [6.07, 6.45) is 0. The number of ether oxygens (including phenoxy) is 2. The van der Waals surface area contributed by atoms with E-state index < -0.39 is 4.92 Å². The molecular weight excluding hydrogens is 288 g/mol. The first-order valence-electron chi connectivity index (χ1n) is 6.68. The summed E-state index contributed by atoms with van der Waals surface area (Å²) >= 11 is 0. The van der Waals surface area contributed by atoms with Gasteiger partial charge in [-0.3, -0.25) is 14.9 Å². The first kappa shape index (κ1) is 12.6. The summed E-state index contributed by atoms with van der Waals surface area (Å²) in [5, 5.41) is 11.5. The fourth-order valence-electron chi connectivity index (χ4n) is 2.67. The Morgan fingerprint density at radius 2 is 1.86 bits per heavy atom. The molecule has 1 aliphatic heterocycles. The van der Waals surface area contributed by atoms with E-state index in [2.05, 4.69) is 4.98 Å². The van der Waals surface area contributed by atoms with E-state index in [4.69, 9.17) is 9.47 Å². The maximum Gasteiger partial charge on any atom is 0.270 e. The van der Waals surface area contributed by atoms with Crippen LogP contribution in [0.5, 0.6) is 11.5 Å². The highest BCUT2D eigenvalue weighted by Crippen LogP contribution is 2.36. The number of non-ortho nitro benzene ring substituents is 1. The molecule has 0 amide bonds. The van der Waals surface area contributed by atoms with Crippen molar-refractivity contribution in [2.75, 3.05) is 13.2 Å². The number of H-pyrrole nitrogens is 1. The van der Waals surface area contributed by atoms with Crippen LogP contribution in [0.25, 0.3) is 21.8 Å². The van der Waals surface area contributed by atoms with Crippen molar-refractivity contribution in [3.63, 3.8) is 0 Å². The van der Waals surface area contributed by atoms with Gasteiger partial charge in [-0.05, 0) is 18.2 Å². The molecule has 0 unspecified atom stereocenters. The lowest BCUT2D eigenvalue weighted by Gasteiger charge is -2.19. The lowest BCUT2D eigenvalue weighted by atomic mass is 10.1. The largest absolute Gasteiger partial charge is 0.486 e. The van der Waals surface area contributed by atoms with E-state index in [0.717, 1.165) is 0 Å². The van der Waals surface area contributed by atoms with Crippen LogP contribution in [-0.4, -0.2) is 23.1 Å². The van der Waals surface area contributed by atoms with Crippen molar-refractivity contribution in [2.24, 2.45) is 0 Å². The Labute approximate surface area is 123 Å². The van der Waals surface area contributed by atoms with Crippen LogP contribution in [0, 0.1) is 10.1 Å². The third-order valence-corrected chi connectivity index (χ3v) is 3.66. The molecule has 2 heterocycles. The normalized spacial score (nSPS) is 13.5. The second-order valence-corrected chi connectivity index (χ2v) is 4.95. The minimum atomic E-state index is -0.525. The van der Waals surface area contributed by atoms with Crippen molar-refractivity contribution in [2.45, 2.75) is 0 Å². The summed E-state index contributed by atoms with van der Waals surface area (Å²) < 4.78 is 11.0. The zero-order chi connectivity index (χ0) is 15.3. The zero-order valence-electron chi connectivity index (χ0n) is 11.3. The Morgan fingerprint density at radius 3 is 2.68 bits per heavy atom. The van der Waals surface area contributed by atoms with Crippen LogP contribution < -0.4 is 14.9 Å². The Kier molecular flexibility index (Phi) is 2.56. The molecule has 0 saturated carbocycles. The summed E-state index contributed by atoms with van der Waals surface area (Å²) in [6.45, 7) is 0.786. The number of hydrogen-bond donors (Lipinski definition) is 1. The first-order valence-corrected chi connectivity index (χ1v) is 6.68. The van der Waals surface area contributed by atoms with E-state index in [0.29, 0.717) is 41.1 Å². The van der Waals surface area contributed by atoms with Crippen molar-refractivity contribution in [1.82, 2.24) is 4.98 Å². The van der Waals surface area contributed by atoms with Crippen LogP contribution in [0.4, 0.5) is 5.69 Å². The SMILES string of the molecule is O=c1c2cc([N+](=O)[O-])ccc2[nH]c2ccc3c(c12)OCCO3. The molecule has 0 atom stereocenters. The minimum absolute atomic E-state index is 0.126. The number of pyridine rings is 1. The Bertz CT molecular complexity index is 993. The highest BCUT2D eigenvalue weighted by molar-refractivity contribution is 5.97. The lowest BCUT2D eigenvalue weighted by Crippen LogP contribution is -2.17. The molecule has 110 valence electrons. The van der Waals surface area contributed by atoms with Crippen molar-refractivity contribution in [3.8, 4) is 11.5 Å². The Balaban J connectivity index is 2.14. The number of nitrogens with one attached hydrogen (secondary N) is 1. The molecule has 0 aliphatic carbocycles. The van der Waals surface area contributed by atoms with Gasteiger partial charge in [-0.25, -0.2) is 0 Å². The number of benzene rings is 2. The van der Waals surface area contributed by atoms with Gasteiger partial charge in [0, 0.05) is 12.1 Å². The maximum absolute atomic E-state index is 12.8. The summed E-state index contributed by atoms with van der Waals surface area (Å²) in [7, 11) is 0. The van der Waals surface area contributed by atoms with Crippen LogP contribution in [0.3, 0.4) is 0 Å². The molecule has 3 aromatic rings. The smallest absolute Gasteiger partial charge is 0.270 e. The van der Waals surface area contributed by atoms with Gasteiger partial charge < -0.3 is 14.5 Å². The number of nitrogens with zero attached hydrogens (tertiary/aromatic N) is 1. The molecule has 0 saturated heterocycles. The fraction of sp³-hybridized carbons (Fsp3) is 0.133. The second-order valence-electron chi connectivity index (χ2n) is 4.95. The molecule has 0 spiro atoms. The summed E-state index contributed by atoms with van der Waals surface area (Å²) in [4.78, 5) is 26.2. The number of nitro benzene ring substituents is 1. The van der Waals surface area contributed by atoms with Gasteiger partial charge in [0.1, 0.15) is 13.2 Å². The summed E-state index contributed by atoms with van der Waals surface area (Å²) in [6, 6.07) is 7.65. The zero-order valence-corrected chi connectivity index (χ0v) is 11.3. The molecule has 1 N–H and O–H groups in total. The predicted molar refractivity (Wildman–Crippen MR) is 79.7 cm³/mol. The number of aromatic amines is 1. The van der Waals surface area contributed by atoms with Crippen LogP contribution in [-0.2, 0) is 0 Å². The van der Waals surface area contributed by atoms with Gasteiger partial charge in [-0.2, -0.15) is 0 Å². The van der Waals surface area contributed by atoms with Gasteiger partial charge in [0.15, 0.2) is 11.5 Å². The van der Waals surface area contributed by atoms with Crippen molar-refractivity contribution < 1.29 is 14.4 Å². The van der Waals surface area contributed by atoms with Gasteiger partial charge in [0.25, 0.3) is 5.69 Å². The standard InChI is InChI=1S/C15H10N2O5/c18-14-9-7-8(17(19)20)1-2-10(9)16-11-3-4-12-15(13(11)14)22-6-5-21-12/h1-4,7H,5-6H2,(H,16,18). The highest BCUT2D eigenvalue weighted by Gasteiger charge is 2.19. The number of rotatable bonds is 1. The van der Waals surface area contributed by atoms with Gasteiger partial charge in [-0.15, -0.1) is 0 Å². The first-order chi connectivity index (χ1) is 10.6. The van der Waals surface area contributed by atoms with Gasteiger partial charge in [0.2, 0.25) is 5.43 Å². The molecule has 7 nitrogen and oxygen atoms in total. The van der Waals surface area contributed by atoms with Gasteiger partial charge in [-0.1, -0.05) is 0 Å². The van der Waals surface area contributed by atoms with E-state index in [1.807, 2.05) is 0 Å². The van der Waals surface area contributed by atoms with E-state index in [9.17, 15) is 14.9 Å². The molecule has 1 aromatic heterocycles. The molecule has 1 aliphatic rings. The van der Waals surface area contributed by atoms with Crippen molar-refractivity contribution in [3.05, 3.63) is 50.7 Å². The number of hydrogen-bond acceptors (Lipinski definition) is 5. The number of aromatic nitrogens is 1. The van der Waals surface area contributed by atoms with E-state index in [-0.39, 0.29) is 16.5 Å². The molecule has 7 heteroatoms. The average Bonchev–Trinajstić information content (AvgIpc) is 2.54. The van der Waals surface area contributed by atoms with E-state index in [1.54, 1.807) is 12.1 Å². The predicted octanol–water partition coefficient (Wildman–Crippen LogP) is 2.36. The third-order valence-electron chi connectivity index (χ3n) is 3.66. The molecule has 4 rings (SSSR count). The Morgan fingerprint density at radius 1 is 1.09 bits per heavy atom. The third kappa shape index (κ3) is 1.72. The van der Waals surface area contributed by atoms with Crippen molar-refractivity contribution >= 4 is 27.5 Å². The quantitative estimate of drug-likeness (QED) is 0.423. The average molecular weight is 298 g/mol. The molecule has 0 fully saturated rings. The van der Waals surface area contributed by atoms with Gasteiger partial charge in [0.05, 0.1) is 26.7 Å². The molecule has 0 radical (unpaired) electrons.